The summed E-state index contributed by atoms with van der Waals surface area (Å²) in [6.45, 7) is -2.97. The Morgan fingerprint density at radius 1 is 0.833 bits per heavy atom. The van der Waals surface area contributed by atoms with Crippen LogP contribution in [0.25, 0.3) is 0 Å². The number of rotatable bonds is 2. The van der Waals surface area contributed by atoms with E-state index in [0.29, 0.717) is 0 Å². The summed E-state index contributed by atoms with van der Waals surface area (Å²) in [5.74, 6) is 0. The first-order valence-corrected chi connectivity index (χ1v) is 24.2. The Kier molecular flexibility index (Phi) is 0.293. The molecule has 0 bridgehead atoms. The van der Waals surface area contributed by atoms with E-state index in [1.165, 1.54) is 40.9 Å². The number of nitrogens with zero attached hydrogens (tertiary/aromatic N) is 1. The van der Waals surface area contributed by atoms with Gasteiger partial charge in [0.1, 0.15) is 0 Å². The molecule has 10 heterocycles. The Labute approximate surface area is 103 Å². The van der Waals surface area contributed by atoms with E-state index in [1.54, 1.807) is 0 Å². The molecule has 0 radical (unpaired) electrons. The fraction of sp³-hybridized carbons (Fsp3) is 1.00. The molecule has 3 heteroatoms. The Morgan fingerprint density at radius 2 is 1.33 bits per heavy atom. The molecule has 10 fully saturated rings. The molecule has 0 aromatic rings. The Hall–Kier alpha value is 1.28. The molecular weight excluding hydrogens is 369 g/mol. The average molecular weight is 392 g/mol. The first kappa shape index (κ1) is 8.05. The van der Waals surface area contributed by atoms with Crippen molar-refractivity contribution >= 4 is 18.4 Å². The molecule has 18 heavy (non-hydrogen) atoms. The van der Waals surface area contributed by atoms with Gasteiger partial charge in [0.05, 0.1) is 0 Å². The van der Waals surface area contributed by atoms with Gasteiger partial charge < -0.3 is 0 Å². The fourth-order valence-corrected chi connectivity index (χ4v) is 167. The second kappa shape index (κ2) is 0.655. The third-order valence-corrected chi connectivity index (χ3v) is 84.8. The third-order valence-electron chi connectivity index (χ3n) is 16.5. The van der Waals surface area contributed by atoms with Gasteiger partial charge in [-0.1, -0.05) is 0 Å². The van der Waals surface area contributed by atoms with E-state index in [2.05, 4.69) is 33.8 Å². The predicted octanol–water partition coefficient (Wildman–Crippen LogP) is 4.09. The molecule has 0 aliphatic carbocycles. The van der Waals surface area contributed by atoms with Gasteiger partial charge in [0, 0.05) is 0 Å². The van der Waals surface area contributed by atoms with Gasteiger partial charge in [0.15, 0.2) is 0 Å². The van der Waals surface area contributed by atoms with Crippen molar-refractivity contribution in [2.24, 2.45) is 0 Å². The standard InChI is InChI=1S/C7H9N.C5H5.3CH3.Fe.Sn/c1-8(2)7-5-3-4-6-7;1-2-4-5-3-1;;;;;/h3-5H,1-2H3;1-5H;3*1H3;;. The molecule has 10 saturated heterocycles. The van der Waals surface area contributed by atoms with E-state index in [4.69, 9.17) is 0 Å². The van der Waals surface area contributed by atoms with Crippen molar-refractivity contribution in [2.75, 3.05) is 14.1 Å². The SMILES string of the molecule is CN(C)[C@]12[CH]3[CH]4[CH]5[C]1([Sn]([CH3])([CH3])[CH3])[Fe]45321678[CH]2[CH]1[CH]6[CH]7[CH]28. The molecule has 4 unspecified atom stereocenters. The maximum atomic E-state index is 2.92. The fourth-order valence-electron chi connectivity index (χ4n) is 20.0. The summed E-state index contributed by atoms with van der Waals surface area (Å²) >= 11 is -1.81. The van der Waals surface area contributed by atoms with Gasteiger partial charge in [-0.15, -0.1) is 0 Å². The van der Waals surface area contributed by atoms with Crippen molar-refractivity contribution in [2.45, 2.75) is 60.1 Å². The van der Waals surface area contributed by atoms with E-state index in [1.807, 2.05) is 0 Å². The summed E-state index contributed by atoms with van der Waals surface area (Å²) in [5.41, 5.74) is 0. The van der Waals surface area contributed by atoms with E-state index < -0.39 is 24.9 Å². The first-order valence-electron chi connectivity index (χ1n) is 8.02. The zero-order valence-corrected chi connectivity index (χ0v) is 15.9. The van der Waals surface area contributed by atoms with Crippen molar-refractivity contribution in [3.05, 3.63) is 0 Å². The number of fused-ring (bicyclic) bond motifs is 10. The van der Waals surface area contributed by atoms with Crippen molar-refractivity contribution in [3.63, 3.8) is 0 Å². The average Bonchev–Trinajstić information content (AvgIpc) is 3.21. The predicted molar refractivity (Wildman–Crippen MR) is 72.5 cm³/mol. The molecule has 0 saturated carbocycles. The number of hydrogen-bond acceptors (Lipinski definition) is 1. The summed E-state index contributed by atoms with van der Waals surface area (Å²) < 4.78 is 2.19. The van der Waals surface area contributed by atoms with E-state index in [0.717, 1.165) is 4.44 Å². The summed E-state index contributed by atoms with van der Waals surface area (Å²) in [6, 6.07) is 0. The molecule has 100 valence electrons. The molecule has 0 aromatic heterocycles. The minimum absolute atomic E-state index is 1.00. The van der Waals surface area contributed by atoms with E-state index in [9.17, 15) is 0 Å². The monoisotopic (exact) mass is 393 g/mol. The van der Waals surface area contributed by atoms with Crippen molar-refractivity contribution in [3.8, 4) is 0 Å². The van der Waals surface area contributed by atoms with Crippen LogP contribution >= 0.6 is 0 Å². The van der Waals surface area contributed by atoms with Gasteiger partial charge in [-0.05, 0) is 0 Å². The minimum atomic E-state index is -2.97. The van der Waals surface area contributed by atoms with Gasteiger partial charge in [0.2, 0.25) is 0 Å². The van der Waals surface area contributed by atoms with Crippen LogP contribution in [0.2, 0.25) is 55.7 Å². The second-order valence-electron chi connectivity index (χ2n) is 12.9. The van der Waals surface area contributed by atoms with Gasteiger partial charge in [-0.3, -0.25) is 0 Å². The van der Waals surface area contributed by atoms with Gasteiger partial charge in [0.25, 0.3) is 0 Å². The molecule has 10 aliphatic rings. The Balaban J connectivity index is 1.71. The molecule has 0 amide bonds. The van der Waals surface area contributed by atoms with Gasteiger partial charge in [-0.25, -0.2) is 0 Å². The molecule has 0 aromatic carbocycles. The Bertz CT molecular complexity index is 1010. The zero-order valence-electron chi connectivity index (χ0n) is 11.9. The molecule has 10 aliphatic heterocycles. The zero-order chi connectivity index (χ0) is 12.0. The summed E-state index contributed by atoms with van der Waals surface area (Å²) in [4.78, 5) is 23.4. The molecule has 5 atom stereocenters. The maximum absolute atomic E-state index is 2.97. The van der Waals surface area contributed by atoms with Crippen LogP contribution in [0.5, 0.6) is 0 Å². The molecule has 0 N–H and O–H groups in total. The molecular formula is C15H23FeNSn. The van der Waals surface area contributed by atoms with E-state index in [-0.39, 0.29) is 0 Å². The normalized spacial score (nSPS) is 119. The molecule has 1 nitrogen and oxygen atoms in total. The van der Waals surface area contributed by atoms with Crippen LogP contribution in [0.3, 0.4) is 0 Å². The van der Waals surface area contributed by atoms with Crippen LogP contribution in [0, 0.1) is 0 Å². The van der Waals surface area contributed by atoms with Gasteiger partial charge in [-0.2, -0.15) is 0 Å². The first-order chi connectivity index (χ1) is 8.13. The van der Waals surface area contributed by atoms with Crippen LogP contribution in [-0.2, 0) is 6.51 Å². The quantitative estimate of drug-likeness (QED) is 0.641. The number of hydrogen-bond donors (Lipinski definition) is 0. The van der Waals surface area contributed by atoms with Gasteiger partial charge >= 0.3 is 104 Å². The van der Waals surface area contributed by atoms with Crippen LogP contribution in [-0.4, -0.2) is 41.8 Å². The summed E-state index contributed by atoms with van der Waals surface area (Å²) in [6.07, 6.45) is 0. The van der Waals surface area contributed by atoms with Crippen LogP contribution in [0.15, 0.2) is 0 Å². The topological polar surface area (TPSA) is 3.24 Å². The van der Waals surface area contributed by atoms with E-state index >= 15 is 0 Å². The van der Waals surface area contributed by atoms with Crippen molar-refractivity contribution < 1.29 is 6.51 Å². The molecule has 10 rings (SSSR count). The second-order valence-corrected chi connectivity index (χ2v) is 52.5. The Morgan fingerprint density at radius 3 is 1.50 bits per heavy atom. The molecule has 1 spiro atoms. The van der Waals surface area contributed by atoms with Crippen LogP contribution in [0.4, 0.5) is 0 Å². The third kappa shape index (κ3) is 0.0774. The van der Waals surface area contributed by atoms with Crippen molar-refractivity contribution in [1.29, 1.82) is 0 Å². The van der Waals surface area contributed by atoms with Crippen LogP contribution in [0.1, 0.15) is 0 Å². The summed E-state index contributed by atoms with van der Waals surface area (Å²) in [7, 11) is 5.06. The van der Waals surface area contributed by atoms with Crippen LogP contribution < -0.4 is 0 Å². The van der Waals surface area contributed by atoms with Crippen molar-refractivity contribution in [1.82, 2.24) is 4.90 Å². The summed E-state index contributed by atoms with van der Waals surface area (Å²) in [5, 5.41) is 0.